The second kappa shape index (κ2) is 3.28. The van der Waals surface area contributed by atoms with E-state index in [4.69, 9.17) is 16.0 Å². The van der Waals surface area contributed by atoms with Gasteiger partial charge in [-0.15, -0.1) is 0 Å². The van der Waals surface area contributed by atoms with Crippen molar-refractivity contribution in [3.05, 3.63) is 23.8 Å². The summed E-state index contributed by atoms with van der Waals surface area (Å²) in [6, 6.07) is 3.78. The molecule has 0 unspecified atom stereocenters. The van der Waals surface area contributed by atoms with Crippen LogP contribution in [0.2, 0.25) is 0 Å². The van der Waals surface area contributed by atoms with Crippen molar-refractivity contribution >= 4 is 21.7 Å². The van der Waals surface area contributed by atoms with Gasteiger partial charge in [-0.05, 0) is 12.1 Å². The molecule has 0 fully saturated rings. The number of carbonyl (C=O) groups excluding carboxylic acids is 1. The Kier molecular flexibility index (Phi) is 2.45. The molecular formula is C7H8N2O4S. The van der Waals surface area contributed by atoms with Gasteiger partial charge in [0.15, 0.2) is 0 Å². The Morgan fingerprint density at radius 1 is 1.36 bits per heavy atom. The van der Waals surface area contributed by atoms with E-state index in [1.54, 1.807) is 0 Å². The van der Waals surface area contributed by atoms with Gasteiger partial charge >= 0.3 is 0 Å². The van der Waals surface area contributed by atoms with E-state index in [2.05, 4.69) is 0 Å². The van der Waals surface area contributed by atoms with E-state index in [9.17, 15) is 13.2 Å². The van der Waals surface area contributed by atoms with Crippen molar-refractivity contribution < 1.29 is 17.8 Å². The van der Waals surface area contributed by atoms with Crippen LogP contribution in [0.25, 0.3) is 0 Å². The van der Waals surface area contributed by atoms with Crippen molar-refractivity contribution in [2.45, 2.75) is 4.90 Å². The van der Waals surface area contributed by atoms with Crippen LogP contribution >= 0.6 is 0 Å². The Balaban J connectivity index is 3.62. The number of hydrogen-bond donors (Lipinski definition) is 3. The fourth-order valence-electron chi connectivity index (χ4n) is 1.04. The van der Waals surface area contributed by atoms with Gasteiger partial charge in [-0.3, -0.25) is 9.35 Å². The minimum atomic E-state index is -4.53. The van der Waals surface area contributed by atoms with Crippen LogP contribution in [0, 0.1) is 0 Å². The fraction of sp³-hybridized carbons (Fsp3) is 0. The highest BCUT2D eigenvalue weighted by Crippen LogP contribution is 2.21. The van der Waals surface area contributed by atoms with Crippen molar-refractivity contribution in [3.8, 4) is 0 Å². The van der Waals surface area contributed by atoms with Crippen LogP contribution in [-0.4, -0.2) is 18.9 Å². The van der Waals surface area contributed by atoms with E-state index < -0.39 is 20.9 Å². The zero-order chi connectivity index (χ0) is 10.9. The first-order chi connectivity index (χ1) is 6.34. The molecule has 0 aliphatic rings. The number of anilines is 1. The average Bonchev–Trinajstić information content (AvgIpc) is 2.01. The second-order valence-corrected chi connectivity index (χ2v) is 3.92. The van der Waals surface area contributed by atoms with Crippen molar-refractivity contribution in [1.29, 1.82) is 0 Å². The number of rotatable bonds is 2. The molecule has 14 heavy (non-hydrogen) atoms. The SMILES string of the molecule is NC(=O)c1cccc(N)c1S(=O)(=O)O. The molecular weight excluding hydrogens is 208 g/mol. The quantitative estimate of drug-likeness (QED) is 0.459. The lowest BCUT2D eigenvalue weighted by atomic mass is 10.2. The largest absolute Gasteiger partial charge is 0.398 e. The molecule has 0 saturated heterocycles. The summed E-state index contributed by atoms with van der Waals surface area (Å²) < 4.78 is 30.5. The fourth-order valence-corrected chi connectivity index (χ4v) is 1.85. The Hall–Kier alpha value is -1.60. The Morgan fingerprint density at radius 2 is 1.93 bits per heavy atom. The van der Waals surface area contributed by atoms with Gasteiger partial charge in [-0.2, -0.15) is 8.42 Å². The maximum absolute atomic E-state index is 10.8. The monoisotopic (exact) mass is 216 g/mol. The molecule has 76 valence electrons. The van der Waals surface area contributed by atoms with Crippen molar-refractivity contribution in [1.82, 2.24) is 0 Å². The highest BCUT2D eigenvalue weighted by atomic mass is 32.2. The molecule has 1 amide bonds. The number of hydrogen-bond acceptors (Lipinski definition) is 4. The predicted octanol–water partition coefficient (Wildman–Crippen LogP) is -0.386. The standard InChI is InChI=1S/C7H8N2O4S/c8-5-3-1-2-4(7(9)10)6(5)14(11,12)13/h1-3H,8H2,(H2,9,10)(H,11,12,13). The van der Waals surface area contributed by atoms with Gasteiger partial charge in [0.1, 0.15) is 4.90 Å². The van der Waals surface area contributed by atoms with Gasteiger partial charge in [0.2, 0.25) is 5.91 Å². The first-order valence-electron chi connectivity index (χ1n) is 3.50. The first-order valence-corrected chi connectivity index (χ1v) is 4.94. The molecule has 0 aliphatic carbocycles. The van der Waals surface area contributed by atoms with E-state index in [0.29, 0.717) is 0 Å². The van der Waals surface area contributed by atoms with Gasteiger partial charge < -0.3 is 11.5 Å². The minimum Gasteiger partial charge on any atom is -0.398 e. The third-order valence-corrected chi connectivity index (χ3v) is 2.54. The van der Waals surface area contributed by atoms with Crippen LogP contribution in [-0.2, 0) is 10.1 Å². The molecule has 6 nitrogen and oxygen atoms in total. The van der Waals surface area contributed by atoms with Gasteiger partial charge in [0.25, 0.3) is 10.1 Å². The number of nitrogen functional groups attached to an aromatic ring is 1. The summed E-state index contributed by atoms with van der Waals surface area (Å²) in [5.74, 6) is -0.968. The molecule has 7 heteroatoms. The van der Waals surface area contributed by atoms with E-state index in [1.165, 1.54) is 18.2 Å². The second-order valence-electron chi connectivity index (χ2n) is 2.56. The molecule has 0 aliphatic heterocycles. The third kappa shape index (κ3) is 1.83. The highest BCUT2D eigenvalue weighted by molar-refractivity contribution is 7.86. The van der Waals surface area contributed by atoms with E-state index >= 15 is 0 Å². The molecule has 0 radical (unpaired) electrons. The van der Waals surface area contributed by atoms with Crippen LogP contribution in [0.3, 0.4) is 0 Å². The number of carbonyl (C=O) groups is 1. The summed E-state index contributed by atoms with van der Waals surface area (Å²) in [5.41, 5.74) is 9.66. The van der Waals surface area contributed by atoms with Crippen LogP contribution in [0.1, 0.15) is 10.4 Å². The van der Waals surface area contributed by atoms with Gasteiger partial charge in [0.05, 0.1) is 11.3 Å². The van der Waals surface area contributed by atoms with E-state index in [0.717, 1.165) is 0 Å². The smallest absolute Gasteiger partial charge is 0.297 e. The minimum absolute atomic E-state index is 0.219. The van der Waals surface area contributed by atoms with Gasteiger partial charge in [-0.25, -0.2) is 0 Å². The maximum Gasteiger partial charge on any atom is 0.297 e. The Labute approximate surface area is 80.3 Å². The van der Waals surface area contributed by atoms with Gasteiger partial charge in [0, 0.05) is 0 Å². The Bertz CT molecular complexity index is 480. The summed E-state index contributed by atoms with van der Waals surface area (Å²) >= 11 is 0. The first kappa shape index (κ1) is 10.5. The molecule has 1 rings (SSSR count). The van der Waals surface area contributed by atoms with Crippen molar-refractivity contribution in [3.63, 3.8) is 0 Å². The van der Waals surface area contributed by atoms with Crippen LogP contribution < -0.4 is 11.5 Å². The molecule has 5 N–H and O–H groups in total. The lowest BCUT2D eigenvalue weighted by molar-refractivity contribution is 0.0997. The van der Waals surface area contributed by atoms with Crippen LogP contribution in [0.15, 0.2) is 23.1 Å². The maximum atomic E-state index is 10.8. The topological polar surface area (TPSA) is 123 Å². The number of nitrogens with two attached hydrogens (primary N) is 2. The van der Waals surface area contributed by atoms with Crippen molar-refractivity contribution in [2.24, 2.45) is 5.73 Å². The van der Waals surface area contributed by atoms with Crippen LogP contribution in [0.5, 0.6) is 0 Å². The van der Waals surface area contributed by atoms with E-state index in [1.807, 2.05) is 0 Å². The molecule has 0 spiro atoms. The van der Waals surface area contributed by atoms with Crippen LogP contribution in [0.4, 0.5) is 5.69 Å². The van der Waals surface area contributed by atoms with Gasteiger partial charge in [-0.1, -0.05) is 6.07 Å². The summed E-state index contributed by atoms with van der Waals surface area (Å²) in [6.07, 6.45) is 0. The average molecular weight is 216 g/mol. The summed E-state index contributed by atoms with van der Waals surface area (Å²) in [7, 11) is -4.53. The molecule has 0 aromatic heterocycles. The Morgan fingerprint density at radius 3 is 2.29 bits per heavy atom. The normalized spacial score (nSPS) is 11.2. The summed E-state index contributed by atoms with van der Waals surface area (Å²) in [4.78, 5) is 10.2. The van der Waals surface area contributed by atoms with Crippen molar-refractivity contribution in [2.75, 3.05) is 5.73 Å². The lowest BCUT2D eigenvalue weighted by Gasteiger charge is -2.05. The molecule has 0 heterocycles. The lowest BCUT2D eigenvalue weighted by Crippen LogP contribution is -2.17. The molecule has 1 aromatic rings. The van der Waals surface area contributed by atoms with E-state index in [-0.39, 0.29) is 11.3 Å². The predicted molar refractivity (Wildman–Crippen MR) is 49.2 cm³/mol. The number of benzene rings is 1. The molecule has 0 saturated carbocycles. The molecule has 0 bridgehead atoms. The zero-order valence-electron chi connectivity index (χ0n) is 6.97. The number of primary amides is 1. The molecule has 1 aromatic carbocycles. The highest BCUT2D eigenvalue weighted by Gasteiger charge is 2.21. The zero-order valence-corrected chi connectivity index (χ0v) is 7.78. The number of amides is 1. The third-order valence-electron chi connectivity index (χ3n) is 1.57. The summed E-state index contributed by atoms with van der Waals surface area (Å²) in [6.45, 7) is 0. The molecule has 0 atom stereocenters. The summed E-state index contributed by atoms with van der Waals surface area (Å²) in [5, 5.41) is 0.